The van der Waals surface area contributed by atoms with Gasteiger partial charge in [0.05, 0.1) is 6.61 Å². The van der Waals surface area contributed by atoms with Crippen molar-refractivity contribution in [1.29, 1.82) is 0 Å². The number of carbonyl (C=O) groups excluding carboxylic acids is 2. The molecule has 0 unspecified atom stereocenters. The van der Waals surface area contributed by atoms with Gasteiger partial charge in [-0.05, 0) is 56.2 Å². The number of rotatable bonds is 9. The first-order valence-electron chi connectivity index (χ1n) is 11.3. The second-order valence-electron chi connectivity index (χ2n) is 8.38. The summed E-state index contributed by atoms with van der Waals surface area (Å²) in [6.45, 7) is 6.04. The van der Waals surface area contributed by atoms with Crippen LogP contribution in [0, 0.1) is 13.8 Å². The lowest BCUT2D eigenvalue weighted by atomic mass is 10.0. The largest absolute Gasteiger partial charge is 0.493 e. The summed E-state index contributed by atoms with van der Waals surface area (Å²) in [5, 5.41) is 3.13. The van der Waals surface area contributed by atoms with Gasteiger partial charge in [-0.2, -0.15) is 0 Å². The summed E-state index contributed by atoms with van der Waals surface area (Å²) in [6, 6.07) is 16.3. The number of aryl methyl sites for hydroxylation is 3. The number of hydrogen-bond donors (Lipinski definition) is 1. The molecule has 0 aromatic heterocycles. The third kappa shape index (κ3) is 7.12. The Kier molecular flexibility index (Phi) is 8.51. The number of benzene rings is 2. The minimum Gasteiger partial charge on any atom is -0.493 e. The number of hydrogen-bond acceptors (Lipinski definition) is 3. The van der Waals surface area contributed by atoms with Gasteiger partial charge in [0.15, 0.2) is 0 Å². The van der Waals surface area contributed by atoms with Gasteiger partial charge in [0, 0.05) is 32.0 Å². The molecule has 166 valence electrons. The van der Waals surface area contributed by atoms with E-state index >= 15 is 0 Å². The van der Waals surface area contributed by atoms with Crippen LogP contribution in [0.15, 0.2) is 48.5 Å². The molecule has 1 fully saturated rings. The molecule has 0 aliphatic carbocycles. The molecule has 1 aliphatic rings. The zero-order valence-corrected chi connectivity index (χ0v) is 18.7. The summed E-state index contributed by atoms with van der Waals surface area (Å²) in [5.41, 5.74) is 3.43. The summed E-state index contributed by atoms with van der Waals surface area (Å²) >= 11 is 0. The highest BCUT2D eigenvalue weighted by Gasteiger charge is 2.23. The molecule has 5 nitrogen and oxygen atoms in total. The van der Waals surface area contributed by atoms with Crippen molar-refractivity contribution in [2.75, 3.05) is 19.7 Å². The molecule has 0 spiro atoms. The van der Waals surface area contributed by atoms with Gasteiger partial charge in [0.1, 0.15) is 5.75 Å². The van der Waals surface area contributed by atoms with Gasteiger partial charge in [-0.3, -0.25) is 9.59 Å². The van der Waals surface area contributed by atoms with Crippen molar-refractivity contribution in [3.8, 4) is 5.75 Å². The molecule has 1 heterocycles. The Morgan fingerprint density at radius 3 is 2.32 bits per heavy atom. The first-order valence-corrected chi connectivity index (χ1v) is 11.3. The van der Waals surface area contributed by atoms with Gasteiger partial charge in [-0.25, -0.2) is 0 Å². The quantitative estimate of drug-likeness (QED) is 0.616. The predicted octanol–water partition coefficient (Wildman–Crippen LogP) is 4.20. The van der Waals surface area contributed by atoms with Gasteiger partial charge in [-0.1, -0.05) is 48.5 Å². The topological polar surface area (TPSA) is 58.6 Å². The van der Waals surface area contributed by atoms with E-state index in [1.807, 2.05) is 67.3 Å². The zero-order valence-electron chi connectivity index (χ0n) is 18.7. The Balaban J connectivity index is 1.31. The molecule has 1 aliphatic heterocycles. The number of likely N-dealkylation sites (tertiary alicyclic amines) is 1. The minimum absolute atomic E-state index is 0.0947. The molecule has 1 saturated heterocycles. The number of piperidine rings is 1. The molecule has 2 aromatic carbocycles. The fraction of sp³-hybridized carbons (Fsp3) is 0.462. The van der Waals surface area contributed by atoms with Crippen LogP contribution in [-0.4, -0.2) is 42.5 Å². The molecule has 0 radical (unpaired) electrons. The fourth-order valence-electron chi connectivity index (χ4n) is 4.06. The summed E-state index contributed by atoms with van der Waals surface area (Å²) in [7, 11) is 0. The average molecular weight is 423 g/mol. The Bertz CT molecular complexity index is 838. The lowest BCUT2D eigenvalue weighted by Gasteiger charge is -2.32. The van der Waals surface area contributed by atoms with Crippen LogP contribution in [-0.2, 0) is 16.0 Å². The standard InChI is InChI=1S/C26H34N2O3/c1-20-8-6-9-21(2)26(20)31-19-7-12-25(30)28-17-15-23(16-18-28)27-24(29)14-13-22-10-4-3-5-11-22/h3-6,8-11,23H,7,12-19H2,1-2H3,(H,27,29). The number of nitrogens with zero attached hydrogens (tertiary/aromatic N) is 1. The van der Waals surface area contributed by atoms with E-state index in [-0.39, 0.29) is 17.9 Å². The Morgan fingerprint density at radius 1 is 0.968 bits per heavy atom. The molecule has 1 N–H and O–H groups in total. The van der Waals surface area contributed by atoms with Crippen molar-refractivity contribution in [2.24, 2.45) is 0 Å². The average Bonchev–Trinajstić information content (AvgIpc) is 2.78. The van der Waals surface area contributed by atoms with E-state index in [1.165, 1.54) is 5.56 Å². The third-order valence-electron chi connectivity index (χ3n) is 5.89. The molecule has 0 bridgehead atoms. The van der Waals surface area contributed by atoms with Crippen LogP contribution in [0.2, 0.25) is 0 Å². The minimum atomic E-state index is 0.0947. The fourth-order valence-corrected chi connectivity index (χ4v) is 4.06. The second kappa shape index (κ2) is 11.5. The van der Waals surface area contributed by atoms with E-state index < -0.39 is 0 Å². The molecular formula is C26H34N2O3. The van der Waals surface area contributed by atoms with Crippen LogP contribution in [0.5, 0.6) is 5.75 Å². The molecule has 0 atom stereocenters. The molecule has 0 saturated carbocycles. The lowest BCUT2D eigenvalue weighted by Crippen LogP contribution is -2.46. The van der Waals surface area contributed by atoms with Crippen molar-refractivity contribution in [3.05, 3.63) is 65.2 Å². The normalized spacial score (nSPS) is 14.3. The highest BCUT2D eigenvalue weighted by molar-refractivity contribution is 5.77. The number of nitrogens with one attached hydrogen (secondary N) is 1. The zero-order chi connectivity index (χ0) is 22.1. The van der Waals surface area contributed by atoms with Crippen LogP contribution in [0.3, 0.4) is 0 Å². The van der Waals surface area contributed by atoms with Crippen LogP contribution >= 0.6 is 0 Å². The van der Waals surface area contributed by atoms with Crippen molar-refractivity contribution >= 4 is 11.8 Å². The van der Waals surface area contributed by atoms with E-state index in [1.54, 1.807) is 0 Å². The van der Waals surface area contributed by atoms with E-state index in [4.69, 9.17) is 4.74 Å². The second-order valence-corrected chi connectivity index (χ2v) is 8.38. The Morgan fingerprint density at radius 2 is 1.65 bits per heavy atom. The van der Waals surface area contributed by atoms with Crippen molar-refractivity contribution in [3.63, 3.8) is 0 Å². The van der Waals surface area contributed by atoms with Crippen LogP contribution in [0.25, 0.3) is 0 Å². The number of para-hydroxylation sites is 1. The summed E-state index contributed by atoms with van der Waals surface area (Å²) in [5.74, 6) is 1.20. The molecule has 5 heteroatoms. The van der Waals surface area contributed by atoms with Gasteiger partial charge < -0.3 is 15.0 Å². The predicted molar refractivity (Wildman–Crippen MR) is 123 cm³/mol. The maximum Gasteiger partial charge on any atom is 0.222 e. The van der Waals surface area contributed by atoms with Gasteiger partial charge in [0.2, 0.25) is 11.8 Å². The number of carbonyl (C=O) groups is 2. The summed E-state index contributed by atoms with van der Waals surface area (Å²) in [4.78, 5) is 26.7. The molecule has 31 heavy (non-hydrogen) atoms. The first kappa shape index (κ1) is 22.9. The van der Waals surface area contributed by atoms with Gasteiger partial charge in [0.25, 0.3) is 0 Å². The first-order chi connectivity index (χ1) is 15.0. The SMILES string of the molecule is Cc1cccc(C)c1OCCCC(=O)N1CCC(NC(=O)CCc2ccccc2)CC1. The molecule has 2 amide bonds. The molecule has 2 aromatic rings. The Labute approximate surface area is 185 Å². The van der Waals surface area contributed by atoms with Crippen LogP contribution in [0.4, 0.5) is 0 Å². The van der Waals surface area contributed by atoms with Crippen molar-refractivity contribution in [1.82, 2.24) is 10.2 Å². The van der Waals surface area contributed by atoms with E-state index in [2.05, 4.69) is 5.32 Å². The number of amides is 2. The third-order valence-corrected chi connectivity index (χ3v) is 5.89. The van der Waals surface area contributed by atoms with Gasteiger partial charge in [-0.15, -0.1) is 0 Å². The highest BCUT2D eigenvalue weighted by atomic mass is 16.5. The van der Waals surface area contributed by atoms with Gasteiger partial charge >= 0.3 is 0 Å². The van der Waals surface area contributed by atoms with E-state index in [0.29, 0.717) is 39.0 Å². The number of ether oxygens (including phenoxy) is 1. The van der Waals surface area contributed by atoms with Crippen LogP contribution in [0.1, 0.15) is 48.8 Å². The summed E-state index contributed by atoms with van der Waals surface area (Å²) in [6.07, 6.45) is 4.11. The molecule has 3 rings (SSSR count). The lowest BCUT2D eigenvalue weighted by molar-refractivity contribution is -0.132. The van der Waals surface area contributed by atoms with E-state index in [9.17, 15) is 9.59 Å². The molecular weight excluding hydrogens is 388 g/mol. The Hall–Kier alpha value is -2.82. The van der Waals surface area contributed by atoms with Crippen molar-refractivity contribution in [2.45, 2.75) is 58.4 Å². The smallest absolute Gasteiger partial charge is 0.222 e. The maximum absolute atomic E-state index is 12.5. The van der Waals surface area contributed by atoms with Crippen LogP contribution < -0.4 is 10.1 Å². The monoisotopic (exact) mass is 422 g/mol. The van der Waals surface area contributed by atoms with E-state index in [0.717, 1.165) is 36.1 Å². The van der Waals surface area contributed by atoms with Crippen molar-refractivity contribution < 1.29 is 14.3 Å². The highest BCUT2D eigenvalue weighted by Crippen LogP contribution is 2.22. The maximum atomic E-state index is 12.5. The summed E-state index contributed by atoms with van der Waals surface area (Å²) < 4.78 is 5.90.